The molecule has 0 bridgehead atoms. The molecule has 3 N–H and O–H groups in total. The summed E-state index contributed by atoms with van der Waals surface area (Å²) in [5.74, 6) is 0.425. The number of rotatable bonds is 3. The minimum atomic E-state index is -4.37. The number of anilines is 1. The third-order valence-electron chi connectivity index (χ3n) is 3.28. The van der Waals surface area contributed by atoms with E-state index in [2.05, 4.69) is 10.1 Å². The molecule has 0 aromatic carbocycles. The van der Waals surface area contributed by atoms with Crippen molar-refractivity contribution in [2.45, 2.75) is 6.18 Å². The molecular weight excluding hydrogens is 287 g/mol. The number of nitrogens with two attached hydrogens (primary N) is 1. The lowest BCUT2D eigenvalue weighted by molar-refractivity contribution is -0.137. The normalized spacial score (nSPS) is 18.0. The number of pyridine rings is 1. The van der Waals surface area contributed by atoms with Gasteiger partial charge in [-0.15, -0.1) is 0 Å². The van der Waals surface area contributed by atoms with Gasteiger partial charge >= 0.3 is 6.18 Å². The molecule has 116 valence electrons. The molecule has 0 saturated carbocycles. The number of aromatic nitrogens is 1. The molecule has 0 amide bonds. The van der Waals surface area contributed by atoms with Crippen LogP contribution in [0.4, 0.5) is 19.0 Å². The summed E-state index contributed by atoms with van der Waals surface area (Å²) in [4.78, 5) is 7.74. The third-order valence-corrected chi connectivity index (χ3v) is 3.28. The Balaban J connectivity index is 1.99. The maximum absolute atomic E-state index is 12.7. The number of hydrogen-bond acceptors (Lipinski definition) is 5. The van der Waals surface area contributed by atoms with Gasteiger partial charge in [0.1, 0.15) is 5.82 Å². The Morgan fingerprint density at radius 1 is 1.33 bits per heavy atom. The van der Waals surface area contributed by atoms with Gasteiger partial charge < -0.3 is 15.8 Å². The smallest absolute Gasteiger partial charge is 0.409 e. The summed E-state index contributed by atoms with van der Waals surface area (Å²) in [6.45, 7) is 2.61. The second-order valence-electron chi connectivity index (χ2n) is 4.76. The quantitative estimate of drug-likeness (QED) is 0.376. The number of halogens is 3. The maximum Gasteiger partial charge on any atom is 0.416 e. The van der Waals surface area contributed by atoms with Gasteiger partial charge in [0, 0.05) is 32.4 Å². The number of oxime groups is 1. The van der Waals surface area contributed by atoms with E-state index in [9.17, 15) is 13.2 Å². The van der Waals surface area contributed by atoms with Crippen LogP contribution < -0.4 is 10.6 Å². The Kier molecular flexibility index (Phi) is 4.51. The zero-order chi connectivity index (χ0) is 15.5. The summed E-state index contributed by atoms with van der Waals surface area (Å²) in [5.41, 5.74) is 4.72. The summed E-state index contributed by atoms with van der Waals surface area (Å²) in [6.07, 6.45) is -3.20. The first-order valence-electron chi connectivity index (χ1n) is 6.37. The molecule has 0 aliphatic carbocycles. The van der Waals surface area contributed by atoms with E-state index < -0.39 is 11.7 Å². The van der Waals surface area contributed by atoms with Crippen LogP contribution in [0.1, 0.15) is 5.56 Å². The molecular formula is C12H16F3N5O. The highest BCUT2D eigenvalue weighted by Gasteiger charge is 2.31. The second-order valence-corrected chi connectivity index (χ2v) is 4.76. The zero-order valence-corrected chi connectivity index (χ0v) is 11.2. The lowest BCUT2D eigenvalue weighted by atomic mass is 10.2. The minimum Gasteiger partial charge on any atom is -0.409 e. The fourth-order valence-electron chi connectivity index (χ4n) is 2.16. The highest BCUT2D eigenvalue weighted by molar-refractivity contribution is 5.81. The van der Waals surface area contributed by atoms with Crippen molar-refractivity contribution in [3.63, 3.8) is 0 Å². The lowest BCUT2D eigenvalue weighted by Crippen LogP contribution is -2.49. The van der Waals surface area contributed by atoms with E-state index in [1.165, 1.54) is 6.20 Å². The highest BCUT2D eigenvalue weighted by Crippen LogP contribution is 2.30. The van der Waals surface area contributed by atoms with Gasteiger partial charge in [-0.3, -0.25) is 4.90 Å². The fraction of sp³-hybridized carbons (Fsp3) is 0.500. The summed E-state index contributed by atoms with van der Waals surface area (Å²) in [7, 11) is 0. The van der Waals surface area contributed by atoms with Crippen molar-refractivity contribution in [2.24, 2.45) is 10.9 Å². The van der Waals surface area contributed by atoms with E-state index in [4.69, 9.17) is 10.9 Å². The minimum absolute atomic E-state index is 0.112. The summed E-state index contributed by atoms with van der Waals surface area (Å²) >= 11 is 0. The van der Waals surface area contributed by atoms with Gasteiger partial charge in [-0.2, -0.15) is 13.2 Å². The second kappa shape index (κ2) is 6.17. The van der Waals surface area contributed by atoms with Crippen LogP contribution in [0.15, 0.2) is 23.5 Å². The molecule has 0 radical (unpaired) electrons. The predicted molar refractivity (Wildman–Crippen MR) is 71.3 cm³/mol. The molecule has 0 atom stereocenters. The first kappa shape index (κ1) is 15.4. The van der Waals surface area contributed by atoms with Crippen LogP contribution in [0.5, 0.6) is 0 Å². The van der Waals surface area contributed by atoms with Gasteiger partial charge in [-0.05, 0) is 12.1 Å². The summed E-state index contributed by atoms with van der Waals surface area (Å²) in [6, 6.07) is 2.01. The van der Waals surface area contributed by atoms with Crippen molar-refractivity contribution in [3.8, 4) is 0 Å². The molecule has 2 heterocycles. The molecule has 2 rings (SSSR count). The largest absolute Gasteiger partial charge is 0.416 e. The Morgan fingerprint density at radius 3 is 2.57 bits per heavy atom. The van der Waals surface area contributed by atoms with Crippen molar-refractivity contribution < 1.29 is 18.4 Å². The van der Waals surface area contributed by atoms with E-state index in [1.807, 2.05) is 4.90 Å². The maximum atomic E-state index is 12.7. The van der Waals surface area contributed by atoms with Gasteiger partial charge in [0.25, 0.3) is 0 Å². The molecule has 1 fully saturated rings. The number of hydrogen-bond donors (Lipinski definition) is 2. The van der Waals surface area contributed by atoms with Gasteiger partial charge in [0.15, 0.2) is 5.84 Å². The lowest BCUT2D eigenvalue weighted by Gasteiger charge is -2.35. The van der Waals surface area contributed by atoms with Crippen molar-refractivity contribution in [2.75, 3.05) is 37.6 Å². The molecule has 1 aliphatic heterocycles. The molecule has 1 aromatic heterocycles. The average molecular weight is 303 g/mol. The Labute approximate surface area is 119 Å². The van der Waals surface area contributed by atoms with Crippen LogP contribution in [0.3, 0.4) is 0 Å². The summed E-state index contributed by atoms with van der Waals surface area (Å²) in [5, 5.41) is 11.4. The van der Waals surface area contributed by atoms with Crippen LogP contribution in [0.25, 0.3) is 0 Å². The van der Waals surface area contributed by atoms with Gasteiger partial charge in [0.05, 0.1) is 12.1 Å². The van der Waals surface area contributed by atoms with Crippen molar-refractivity contribution in [1.82, 2.24) is 9.88 Å². The Bertz CT molecular complexity index is 512. The molecule has 0 spiro atoms. The molecule has 0 unspecified atom stereocenters. The van der Waals surface area contributed by atoms with Crippen molar-refractivity contribution in [3.05, 3.63) is 23.9 Å². The molecule has 21 heavy (non-hydrogen) atoms. The number of alkyl halides is 3. The topological polar surface area (TPSA) is 78.0 Å². The van der Waals surface area contributed by atoms with Crippen LogP contribution in [0.2, 0.25) is 0 Å². The van der Waals surface area contributed by atoms with E-state index in [-0.39, 0.29) is 5.84 Å². The highest BCUT2D eigenvalue weighted by atomic mass is 19.4. The molecule has 6 nitrogen and oxygen atoms in total. The number of nitrogens with zero attached hydrogens (tertiary/aromatic N) is 4. The van der Waals surface area contributed by atoms with Crippen molar-refractivity contribution >= 4 is 11.7 Å². The van der Waals surface area contributed by atoms with Gasteiger partial charge in [-0.1, -0.05) is 5.16 Å². The molecule has 1 saturated heterocycles. The van der Waals surface area contributed by atoms with Gasteiger partial charge in [0.2, 0.25) is 0 Å². The Morgan fingerprint density at radius 2 is 2.00 bits per heavy atom. The monoisotopic (exact) mass is 303 g/mol. The molecule has 1 aliphatic rings. The Hall–Kier alpha value is -2.03. The van der Waals surface area contributed by atoms with Crippen LogP contribution in [0, 0.1) is 0 Å². The summed E-state index contributed by atoms with van der Waals surface area (Å²) < 4.78 is 38.0. The number of amidine groups is 1. The van der Waals surface area contributed by atoms with Crippen molar-refractivity contribution in [1.29, 1.82) is 0 Å². The number of piperazine rings is 1. The molecule has 1 aromatic rings. The average Bonchev–Trinajstić information content (AvgIpc) is 2.47. The fourth-order valence-corrected chi connectivity index (χ4v) is 2.16. The van der Waals surface area contributed by atoms with Crippen LogP contribution in [-0.2, 0) is 6.18 Å². The first-order chi connectivity index (χ1) is 9.90. The van der Waals surface area contributed by atoms with E-state index >= 15 is 0 Å². The SMILES string of the molecule is NC(CN1CCN(c2cc(C(F)(F)F)ccn2)CC1)=NO. The van der Waals surface area contributed by atoms with Crippen LogP contribution >= 0.6 is 0 Å². The standard InChI is InChI=1S/C12H16F3N5O/c13-12(14,15)9-1-2-17-11(7-9)20-5-3-19(4-6-20)8-10(16)18-21/h1-2,7,21H,3-6,8H2,(H2,16,18). The third kappa shape index (κ3) is 3.97. The van der Waals surface area contributed by atoms with E-state index in [0.717, 1.165) is 12.1 Å². The van der Waals surface area contributed by atoms with E-state index in [1.54, 1.807) is 4.90 Å². The zero-order valence-electron chi connectivity index (χ0n) is 11.2. The van der Waals surface area contributed by atoms with Crippen LogP contribution in [-0.4, -0.2) is 53.7 Å². The first-order valence-corrected chi connectivity index (χ1v) is 6.37. The van der Waals surface area contributed by atoms with E-state index in [0.29, 0.717) is 38.5 Å². The predicted octanol–water partition coefficient (Wildman–Crippen LogP) is 0.969. The van der Waals surface area contributed by atoms with Gasteiger partial charge in [-0.25, -0.2) is 4.98 Å². The molecule has 9 heteroatoms.